The summed E-state index contributed by atoms with van der Waals surface area (Å²) in [6, 6.07) is 13.1. The van der Waals surface area contributed by atoms with Gasteiger partial charge in [-0.2, -0.15) is 0 Å². The van der Waals surface area contributed by atoms with E-state index in [2.05, 4.69) is 9.88 Å². The number of hydrogen-bond donors (Lipinski definition) is 0. The second kappa shape index (κ2) is 7.50. The van der Waals surface area contributed by atoms with Gasteiger partial charge in [0.1, 0.15) is 11.2 Å². The van der Waals surface area contributed by atoms with Crippen molar-refractivity contribution in [3.63, 3.8) is 0 Å². The van der Waals surface area contributed by atoms with Crippen molar-refractivity contribution in [2.75, 3.05) is 26.2 Å². The Labute approximate surface area is 161 Å². The highest BCUT2D eigenvalue weighted by Crippen LogP contribution is 2.13. The summed E-state index contributed by atoms with van der Waals surface area (Å²) < 4.78 is 1.41. The van der Waals surface area contributed by atoms with Gasteiger partial charge in [-0.15, -0.1) is 0 Å². The topological polar surface area (TPSA) is 57.9 Å². The zero-order chi connectivity index (χ0) is 18.8. The highest BCUT2D eigenvalue weighted by molar-refractivity contribution is 6.30. The van der Waals surface area contributed by atoms with Crippen molar-refractivity contribution < 1.29 is 4.79 Å². The van der Waals surface area contributed by atoms with Gasteiger partial charge in [0.15, 0.2) is 0 Å². The van der Waals surface area contributed by atoms with E-state index in [4.69, 9.17) is 11.6 Å². The van der Waals surface area contributed by atoms with Gasteiger partial charge in [0.25, 0.3) is 11.5 Å². The Morgan fingerprint density at radius 2 is 1.78 bits per heavy atom. The van der Waals surface area contributed by atoms with Crippen molar-refractivity contribution >= 4 is 23.2 Å². The van der Waals surface area contributed by atoms with Gasteiger partial charge in [-0.05, 0) is 29.8 Å². The second-order valence-corrected chi connectivity index (χ2v) is 7.04. The van der Waals surface area contributed by atoms with Crippen LogP contribution >= 0.6 is 11.6 Å². The molecule has 0 N–H and O–H groups in total. The first-order chi connectivity index (χ1) is 13.1. The summed E-state index contributed by atoms with van der Waals surface area (Å²) in [4.78, 5) is 33.7. The van der Waals surface area contributed by atoms with E-state index >= 15 is 0 Å². The Morgan fingerprint density at radius 1 is 1.04 bits per heavy atom. The zero-order valence-electron chi connectivity index (χ0n) is 14.7. The molecule has 138 valence electrons. The first-order valence-electron chi connectivity index (χ1n) is 8.84. The molecule has 1 aliphatic heterocycles. The lowest BCUT2D eigenvalue weighted by atomic mass is 10.2. The number of benzene rings is 1. The van der Waals surface area contributed by atoms with Crippen molar-refractivity contribution in [1.82, 2.24) is 19.2 Å². The fourth-order valence-electron chi connectivity index (χ4n) is 3.30. The van der Waals surface area contributed by atoms with Crippen LogP contribution in [0.4, 0.5) is 0 Å². The molecule has 3 heterocycles. The molecule has 1 saturated heterocycles. The van der Waals surface area contributed by atoms with E-state index < -0.39 is 0 Å². The van der Waals surface area contributed by atoms with Crippen LogP contribution in [0.25, 0.3) is 5.65 Å². The fraction of sp³-hybridized carbons (Fsp3) is 0.250. The summed E-state index contributed by atoms with van der Waals surface area (Å²) >= 11 is 5.93. The molecule has 1 amide bonds. The van der Waals surface area contributed by atoms with Crippen molar-refractivity contribution in [3.8, 4) is 0 Å². The molecule has 1 aliphatic rings. The molecule has 4 rings (SSSR count). The quantitative estimate of drug-likeness (QED) is 0.697. The smallest absolute Gasteiger partial charge is 0.270 e. The number of hydrogen-bond acceptors (Lipinski definition) is 4. The van der Waals surface area contributed by atoms with Crippen LogP contribution in [0.15, 0.2) is 59.7 Å². The molecular formula is C20H19ClN4O2. The van der Waals surface area contributed by atoms with Crippen LogP contribution in [0.2, 0.25) is 5.02 Å². The summed E-state index contributed by atoms with van der Waals surface area (Å²) in [5.74, 6) is -0.253. The highest BCUT2D eigenvalue weighted by atomic mass is 35.5. The van der Waals surface area contributed by atoms with Crippen LogP contribution < -0.4 is 5.56 Å². The average molecular weight is 383 g/mol. The van der Waals surface area contributed by atoms with Crippen molar-refractivity contribution in [1.29, 1.82) is 0 Å². The first-order valence-corrected chi connectivity index (χ1v) is 9.22. The average Bonchev–Trinajstić information content (AvgIpc) is 2.70. The number of amides is 1. The number of fused-ring (bicyclic) bond motifs is 1. The standard InChI is InChI=1S/C20H19ClN4O2/c21-16-6-4-15(5-7-16)14-23-9-11-24(12-10-23)19(26)17-13-22-18-3-1-2-8-25(18)20(17)27/h1-8,13H,9-12,14H2. The molecular weight excluding hydrogens is 364 g/mol. The third-order valence-electron chi connectivity index (χ3n) is 4.82. The molecule has 0 atom stereocenters. The number of rotatable bonds is 3. The molecule has 1 fully saturated rings. The van der Waals surface area contributed by atoms with Crippen LogP contribution in [-0.2, 0) is 6.54 Å². The summed E-state index contributed by atoms with van der Waals surface area (Å²) in [5.41, 5.74) is 1.52. The van der Waals surface area contributed by atoms with Crippen LogP contribution in [0.1, 0.15) is 15.9 Å². The second-order valence-electron chi connectivity index (χ2n) is 6.60. The van der Waals surface area contributed by atoms with Gasteiger partial charge in [-0.1, -0.05) is 29.8 Å². The molecule has 0 radical (unpaired) electrons. The molecule has 3 aromatic rings. The van der Waals surface area contributed by atoms with E-state index in [-0.39, 0.29) is 17.0 Å². The van der Waals surface area contributed by atoms with E-state index in [1.165, 1.54) is 16.2 Å². The molecule has 0 saturated carbocycles. The van der Waals surface area contributed by atoms with Crippen LogP contribution in [0.5, 0.6) is 0 Å². The lowest BCUT2D eigenvalue weighted by Crippen LogP contribution is -2.49. The van der Waals surface area contributed by atoms with Gasteiger partial charge in [0, 0.05) is 50.1 Å². The molecule has 0 unspecified atom stereocenters. The lowest BCUT2D eigenvalue weighted by Gasteiger charge is -2.34. The van der Waals surface area contributed by atoms with Gasteiger partial charge < -0.3 is 4.90 Å². The van der Waals surface area contributed by atoms with Gasteiger partial charge in [-0.3, -0.25) is 18.9 Å². The van der Waals surface area contributed by atoms with Gasteiger partial charge in [0.05, 0.1) is 0 Å². The third-order valence-corrected chi connectivity index (χ3v) is 5.07. The number of nitrogens with zero attached hydrogens (tertiary/aromatic N) is 4. The minimum atomic E-state index is -0.325. The highest BCUT2D eigenvalue weighted by Gasteiger charge is 2.24. The van der Waals surface area contributed by atoms with Crippen LogP contribution in [-0.4, -0.2) is 51.3 Å². The van der Waals surface area contributed by atoms with Gasteiger partial charge >= 0.3 is 0 Å². The molecule has 1 aromatic carbocycles. The predicted octanol–water partition coefficient (Wildman–Crippen LogP) is 2.31. The minimum Gasteiger partial charge on any atom is -0.336 e. The Bertz CT molecular complexity index is 1020. The molecule has 0 spiro atoms. The molecule has 2 aromatic heterocycles. The fourth-order valence-corrected chi connectivity index (χ4v) is 3.43. The first kappa shape index (κ1) is 17.7. The maximum Gasteiger partial charge on any atom is 0.270 e. The Balaban J connectivity index is 1.43. The number of carbonyl (C=O) groups excluding carboxylic acids is 1. The van der Waals surface area contributed by atoms with Gasteiger partial charge in [-0.25, -0.2) is 4.98 Å². The van der Waals surface area contributed by atoms with E-state index in [0.29, 0.717) is 18.7 Å². The summed E-state index contributed by atoms with van der Waals surface area (Å²) in [7, 11) is 0. The Kier molecular flexibility index (Phi) is 4.92. The van der Waals surface area contributed by atoms with E-state index in [9.17, 15) is 9.59 Å². The monoisotopic (exact) mass is 382 g/mol. The number of carbonyl (C=O) groups is 1. The molecule has 7 heteroatoms. The largest absolute Gasteiger partial charge is 0.336 e. The molecule has 6 nitrogen and oxygen atoms in total. The maximum atomic E-state index is 12.8. The minimum absolute atomic E-state index is 0.116. The Morgan fingerprint density at radius 3 is 2.52 bits per heavy atom. The van der Waals surface area contributed by atoms with Crippen molar-refractivity contribution in [3.05, 3.63) is 81.4 Å². The summed E-state index contributed by atoms with van der Waals surface area (Å²) in [6.45, 7) is 3.51. The molecule has 27 heavy (non-hydrogen) atoms. The number of pyridine rings is 1. The lowest BCUT2D eigenvalue weighted by molar-refractivity contribution is 0.0626. The van der Waals surface area contributed by atoms with Gasteiger partial charge in [0.2, 0.25) is 0 Å². The zero-order valence-corrected chi connectivity index (χ0v) is 15.5. The number of halogens is 1. The van der Waals surface area contributed by atoms with Crippen molar-refractivity contribution in [2.24, 2.45) is 0 Å². The van der Waals surface area contributed by atoms with E-state index in [1.54, 1.807) is 23.2 Å². The van der Waals surface area contributed by atoms with Crippen LogP contribution in [0.3, 0.4) is 0 Å². The van der Waals surface area contributed by atoms with Crippen molar-refractivity contribution in [2.45, 2.75) is 6.54 Å². The summed E-state index contributed by atoms with van der Waals surface area (Å²) in [6.07, 6.45) is 3.02. The number of piperazine rings is 1. The predicted molar refractivity (Wildman–Crippen MR) is 104 cm³/mol. The third kappa shape index (κ3) is 3.72. The molecule has 0 bridgehead atoms. The maximum absolute atomic E-state index is 12.8. The van der Waals surface area contributed by atoms with E-state index in [0.717, 1.165) is 24.7 Å². The van der Waals surface area contributed by atoms with Crippen LogP contribution in [0, 0.1) is 0 Å². The van der Waals surface area contributed by atoms with E-state index in [1.807, 2.05) is 30.3 Å². The summed E-state index contributed by atoms with van der Waals surface area (Å²) in [5, 5.41) is 0.726. The SMILES string of the molecule is O=C(c1cnc2ccccn2c1=O)N1CCN(Cc2ccc(Cl)cc2)CC1. The number of aromatic nitrogens is 2. The normalized spacial score (nSPS) is 15.2. The molecule has 0 aliphatic carbocycles. The Hall–Kier alpha value is -2.70.